The van der Waals surface area contributed by atoms with Crippen molar-refractivity contribution in [3.05, 3.63) is 70.0 Å². The SMILES string of the molecule is CCC(=O)N[C@@H]1CCN(C(=O)N(C)Cc2cc(C(F)(F)F)cc(C(F)(F)F)c2)[C@@H](c2ccc(F)cc2C)C1. The van der Waals surface area contributed by atoms with Crippen LogP contribution in [0.1, 0.15) is 60.0 Å². The van der Waals surface area contributed by atoms with Gasteiger partial charge in [0.05, 0.1) is 17.2 Å². The van der Waals surface area contributed by atoms with E-state index in [0.717, 1.165) is 4.90 Å². The van der Waals surface area contributed by atoms with Gasteiger partial charge in [-0.25, -0.2) is 9.18 Å². The molecular weight excluding hydrogens is 519 g/mol. The van der Waals surface area contributed by atoms with Gasteiger partial charge in [0, 0.05) is 32.6 Å². The number of carbonyl (C=O) groups is 2. The Hall–Kier alpha value is -3.31. The summed E-state index contributed by atoms with van der Waals surface area (Å²) in [6, 6.07) is 3.79. The van der Waals surface area contributed by atoms with Gasteiger partial charge in [-0.1, -0.05) is 13.0 Å². The highest BCUT2D eigenvalue weighted by Crippen LogP contribution is 2.37. The molecule has 2 aromatic rings. The van der Waals surface area contributed by atoms with E-state index in [1.54, 1.807) is 13.8 Å². The van der Waals surface area contributed by atoms with Crippen LogP contribution in [-0.4, -0.2) is 41.4 Å². The zero-order chi connectivity index (χ0) is 28.4. The molecule has 0 aromatic heterocycles. The lowest BCUT2D eigenvalue weighted by atomic mass is 9.89. The molecule has 3 rings (SSSR count). The first-order chi connectivity index (χ1) is 17.6. The van der Waals surface area contributed by atoms with Gasteiger partial charge in [-0.3, -0.25) is 4.79 Å². The van der Waals surface area contributed by atoms with Crippen LogP contribution in [0.15, 0.2) is 36.4 Å². The fraction of sp³-hybridized carbons (Fsp3) is 0.462. The molecule has 2 atom stereocenters. The monoisotopic (exact) mass is 547 g/mol. The van der Waals surface area contributed by atoms with Gasteiger partial charge in [0.15, 0.2) is 0 Å². The van der Waals surface area contributed by atoms with E-state index in [0.29, 0.717) is 36.1 Å². The van der Waals surface area contributed by atoms with E-state index in [-0.39, 0.29) is 36.5 Å². The summed E-state index contributed by atoms with van der Waals surface area (Å²) in [6.45, 7) is 3.02. The number of amides is 3. The zero-order valence-corrected chi connectivity index (χ0v) is 21.0. The van der Waals surface area contributed by atoms with Gasteiger partial charge in [-0.2, -0.15) is 26.3 Å². The van der Waals surface area contributed by atoms with Crippen LogP contribution >= 0.6 is 0 Å². The molecule has 2 aromatic carbocycles. The third kappa shape index (κ3) is 6.96. The van der Waals surface area contributed by atoms with Crippen molar-refractivity contribution in [1.29, 1.82) is 0 Å². The third-order valence-electron chi connectivity index (χ3n) is 6.52. The van der Waals surface area contributed by atoms with E-state index in [2.05, 4.69) is 5.32 Å². The van der Waals surface area contributed by atoms with E-state index in [1.165, 1.54) is 30.1 Å². The van der Waals surface area contributed by atoms with Crippen molar-refractivity contribution in [2.75, 3.05) is 13.6 Å². The molecule has 1 N–H and O–H groups in total. The summed E-state index contributed by atoms with van der Waals surface area (Å²) in [4.78, 5) is 27.9. The number of aryl methyl sites for hydroxylation is 1. The highest BCUT2D eigenvalue weighted by atomic mass is 19.4. The summed E-state index contributed by atoms with van der Waals surface area (Å²) >= 11 is 0. The van der Waals surface area contributed by atoms with Crippen LogP contribution in [0, 0.1) is 12.7 Å². The van der Waals surface area contributed by atoms with E-state index in [9.17, 15) is 40.3 Å². The van der Waals surface area contributed by atoms with Crippen LogP contribution in [-0.2, 0) is 23.7 Å². The Morgan fingerprint density at radius 2 is 1.63 bits per heavy atom. The van der Waals surface area contributed by atoms with Gasteiger partial charge in [-0.05, 0) is 66.8 Å². The van der Waals surface area contributed by atoms with Gasteiger partial charge in [-0.15, -0.1) is 0 Å². The molecule has 0 bridgehead atoms. The topological polar surface area (TPSA) is 52.7 Å². The molecular formula is C26H28F7N3O2. The second-order valence-electron chi connectivity index (χ2n) is 9.41. The second-order valence-corrected chi connectivity index (χ2v) is 9.41. The standard InChI is InChI=1S/C26H28F7N3O2/c1-4-23(37)34-20-7-8-36(22(13-20)21-6-5-19(27)9-15(21)2)24(38)35(3)14-16-10-17(25(28,29)30)12-18(11-16)26(31,32)33/h5-6,9-12,20,22H,4,7-8,13-14H2,1-3H3,(H,34,37)/t20-,22-/m1/s1. The minimum Gasteiger partial charge on any atom is -0.353 e. The molecule has 0 aliphatic carbocycles. The lowest BCUT2D eigenvalue weighted by Gasteiger charge is -2.42. The lowest BCUT2D eigenvalue weighted by molar-refractivity contribution is -0.143. The number of likely N-dealkylation sites (tertiary alicyclic amines) is 1. The first-order valence-corrected chi connectivity index (χ1v) is 12.0. The van der Waals surface area contributed by atoms with E-state index < -0.39 is 47.9 Å². The van der Waals surface area contributed by atoms with Crippen LogP contribution in [0.5, 0.6) is 0 Å². The van der Waals surface area contributed by atoms with Crippen LogP contribution in [0.3, 0.4) is 0 Å². The van der Waals surface area contributed by atoms with Crippen LogP contribution < -0.4 is 5.32 Å². The number of urea groups is 1. The van der Waals surface area contributed by atoms with Gasteiger partial charge < -0.3 is 15.1 Å². The molecule has 5 nitrogen and oxygen atoms in total. The molecule has 3 amide bonds. The molecule has 0 unspecified atom stereocenters. The van der Waals surface area contributed by atoms with Crippen LogP contribution in [0.25, 0.3) is 0 Å². The van der Waals surface area contributed by atoms with Gasteiger partial charge in [0.2, 0.25) is 5.91 Å². The average Bonchev–Trinajstić information content (AvgIpc) is 2.82. The highest BCUT2D eigenvalue weighted by molar-refractivity contribution is 5.76. The fourth-order valence-corrected chi connectivity index (χ4v) is 4.63. The van der Waals surface area contributed by atoms with Gasteiger partial charge >= 0.3 is 18.4 Å². The summed E-state index contributed by atoms with van der Waals surface area (Å²) in [6.07, 6.45) is -9.05. The Kier molecular flexibility index (Phi) is 8.62. The van der Waals surface area contributed by atoms with Gasteiger partial charge in [0.25, 0.3) is 0 Å². The average molecular weight is 548 g/mol. The van der Waals surface area contributed by atoms with E-state index >= 15 is 0 Å². The molecule has 0 radical (unpaired) electrons. The zero-order valence-electron chi connectivity index (χ0n) is 21.0. The Morgan fingerprint density at radius 1 is 1.03 bits per heavy atom. The first-order valence-electron chi connectivity index (χ1n) is 12.0. The molecule has 38 heavy (non-hydrogen) atoms. The Balaban J connectivity index is 1.90. The number of carbonyl (C=O) groups excluding carboxylic acids is 2. The highest BCUT2D eigenvalue weighted by Gasteiger charge is 2.38. The Labute approximate surface area is 215 Å². The van der Waals surface area contributed by atoms with Crippen molar-refractivity contribution in [3.8, 4) is 0 Å². The minimum absolute atomic E-state index is 0.0357. The fourth-order valence-electron chi connectivity index (χ4n) is 4.63. The number of hydrogen-bond donors (Lipinski definition) is 1. The largest absolute Gasteiger partial charge is 0.416 e. The summed E-state index contributed by atoms with van der Waals surface area (Å²) in [5, 5.41) is 2.89. The quantitative estimate of drug-likeness (QED) is 0.437. The summed E-state index contributed by atoms with van der Waals surface area (Å²) in [5.41, 5.74) is -2.07. The number of rotatable bonds is 5. The minimum atomic E-state index is -5.01. The summed E-state index contributed by atoms with van der Waals surface area (Å²) < 4.78 is 93.4. The summed E-state index contributed by atoms with van der Waals surface area (Å²) in [5.74, 6) is -0.649. The number of alkyl halides is 6. The van der Waals surface area contributed by atoms with E-state index in [1.807, 2.05) is 0 Å². The number of piperidine rings is 1. The predicted molar refractivity (Wildman–Crippen MR) is 125 cm³/mol. The van der Waals surface area contributed by atoms with Crippen molar-refractivity contribution in [3.63, 3.8) is 0 Å². The molecule has 1 aliphatic rings. The number of halogens is 7. The first kappa shape index (κ1) is 29.2. The number of nitrogens with one attached hydrogen (secondary N) is 1. The maximum Gasteiger partial charge on any atom is 0.416 e. The van der Waals surface area contributed by atoms with Crippen molar-refractivity contribution in [2.45, 2.75) is 64.1 Å². The van der Waals surface area contributed by atoms with Crippen LogP contribution in [0.2, 0.25) is 0 Å². The molecule has 208 valence electrons. The maximum absolute atomic E-state index is 13.8. The van der Waals surface area contributed by atoms with Crippen molar-refractivity contribution >= 4 is 11.9 Å². The van der Waals surface area contributed by atoms with Crippen LogP contribution in [0.4, 0.5) is 35.5 Å². The number of nitrogens with zero attached hydrogens (tertiary/aromatic N) is 2. The smallest absolute Gasteiger partial charge is 0.353 e. The molecule has 0 spiro atoms. The van der Waals surface area contributed by atoms with Gasteiger partial charge in [0.1, 0.15) is 5.82 Å². The number of benzene rings is 2. The van der Waals surface area contributed by atoms with Crippen molar-refractivity contribution in [2.24, 2.45) is 0 Å². The Bertz CT molecular complexity index is 1150. The van der Waals surface area contributed by atoms with Crippen molar-refractivity contribution in [1.82, 2.24) is 15.1 Å². The second kappa shape index (κ2) is 11.2. The Morgan fingerprint density at radius 3 is 2.16 bits per heavy atom. The predicted octanol–water partition coefficient (Wildman–Crippen LogP) is 6.46. The molecule has 1 saturated heterocycles. The third-order valence-corrected chi connectivity index (χ3v) is 6.52. The number of hydrogen-bond acceptors (Lipinski definition) is 2. The maximum atomic E-state index is 13.8. The van der Waals surface area contributed by atoms with E-state index in [4.69, 9.17) is 0 Å². The molecule has 1 aliphatic heterocycles. The lowest BCUT2D eigenvalue weighted by Crippen LogP contribution is -2.51. The van der Waals surface area contributed by atoms with Crippen molar-refractivity contribution < 1.29 is 40.3 Å². The summed E-state index contributed by atoms with van der Waals surface area (Å²) in [7, 11) is 1.29. The molecule has 0 saturated carbocycles. The molecule has 12 heteroatoms. The normalized spacial score (nSPS) is 18.3. The molecule has 1 heterocycles. The molecule has 1 fully saturated rings.